The van der Waals surface area contributed by atoms with Gasteiger partial charge >= 0.3 is 5.97 Å². The highest BCUT2D eigenvalue weighted by Crippen LogP contribution is 2.24. The lowest BCUT2D eigenvalue weighted by Crippen LogP contribution is -2.12. The van der Waals surface area contributed by atoms with Crippen LogP contribution in [0, 0.1) is 0 Å². The van der Waals surface area contributed by atoms with E-state index in [1.54, 1.807) is 10.7 Å². The largest absolute Gasteiger partial charge is 0.477 e. The van der Waals surface area contributed by atoms with Crippen LogP contribution in [0.1, 0.15) is 30.4 Å². The number of carboxylic acids is 1. The van der Waals surface area contributed by atoms with Gasteiger partial charge in [-0.1, -0.05) is 15.9 Å². The summed E-state index contributed by atoms with van der Waals surface area (Å²) in [4.78, 5) is 11.2. The molecule has 0 aliphatic rings. The molecule has 1 aromatic carbocycles. The number of hydrogen-bond donors (Lipinski definition) is 1. The number of rotatable bonds is 2. The topological polar surface area (TPSA) is 55.1 Å². The number of carbonyl (C=O) groups is 1. The van der Waals surface area contributed by atoms with Gasteiger partial charge in [0.05, 0.1) is 5.52 Å². The van der Waals surface area contributed by atoms with E-state index in [0.29, 0.717) is 10.9 Å². The highest BCUT2D eigenvalue weighted by atomic mass is 79.9. The molecule has 5 heteroatoms. The van der Waals surface area contributed by atoms with Crippen LogP contribution in [0.25, 0.3) is 10.9 Å². The number of nitrogens with zero attached hydrogens (tertiary/aromatic N) is 2. The first-order valence-electron chi connectivity index (χ1n) is 4.91. The van der Waals surface area contributed by atoms with Gasteiger partial charge in [-0.15, -0.1) is 0 Å². The minimum Gasteiger partial charge on any atom is -0.477 e. The first-order valence-corrected chi connectivity index (χ1v) is 5.71. The smallest absolute Gasteiger partial charge is 0.354 e. The molecule has 0 unspecified atom stereocenters. The lowest BCUT2D eigenvalue weighted by Gasteiger charge is -2.07. The molecule has 0 saturated carbocycles. The van der Waals surface area contributed by atoms with E-state index in [9.17, 15) is 9.90 Å². The lowest BCUT2D eigenvalue weighted by atomic mass is 10.2. The first kappa shape index (κ1) is 11.1. The lowest BCUT2D eigenvalue weighted by molar-refractivity contribution is 0.0683. The van der Waals surface area contributed by atoms with E-state index in [-0.39, 0.29) is 11.7 Å². The minimum atomic E-state index is -0.946. The van der Waals surface area contributed by atoms with E-state index in [2.05, 4.69) is 21.0 Å². The van der Waals surface area contributed by atoms with Crippen molar-refractivity contribution >= 4 is 32.8 Å². The quantitative estimate of drug-likeness (QED) is 0.921. The predicted molar refractivity (Wildman–Crippen MR) is 64.8 cm³/mol. The third kappa shape index (κ3) is 1.71. The maximum absolute atomic E-state index is 11.2. The summed E-state index contributed by atoms with van der Waals surface area (Å²) in [6.07, 6.45) is 0. The molecule has 1 heterocycles. The van der Waals surface area contributed by atoms with Gasteiger partial charge in [0.2, 0.25) is 0 Å². The zero-order chi connectivity index (χ0) is 11.9. The maximum Gasteiger partial charge on any atom is 0.354 e. The van der Waals surface area contributed by atoms with Crippen molar-refractivity contribution in [2.24, 2.45) is 0 Å². The van der Waals surface area contributed by atoms with Crippen LogP contribution in [-0.2, 0) is 0 Å². The number of carboxylic acid groups (broad SMARTS) is 1. The van der Waals surface area contributed by atoms with Crippen LogP contribution >= 0.6 is 15.9 Å². The summed E-state index contributed by atoms with van der Waals surface area (Å²) in [6, 6.07) is 5.44. The van der Waals surface area contributed by atoms with E-state index in [0.717, 1.165) is 4.47 Å². The van der Waals surface area contributed by atoms with E-state index in [4.69, 9.17) is 0 Å². The molecule has 0 aliphatic carbocycles. The number of fused-ring (bicyclic) bond motifs is 1. The molecule has 0 amide bonds. The number of aromatic nitrogens is 2. The van der Waals surface area contributed by atoms with Crippen LogP contribution in [0.2, 0.25) is 0 Å². The molecule has 1 N–H and O–H groups in total. The molecule has 2 aromatic rings. The van der Waals surface area contributed by atoms with Crippen molar-refractivity contribution in [1.82, 2.24) is 9.78 Å². The number of hydrogen-bond acceptors (Lipinski definition) is 2. The Labute approximate surface area is 101 Å². The Morgan fingerprint density at radius 2 is 2.19 bits per heavy atom. The molecule has 2 rings (SSSR count). The van der Waals surface area contributed by atoms with Crippen molar-refractivity contribution in [3.05, 3.63) is 28.4 Å². The monoisotopic (exact) mass is 282 g/mol. The van der Waals surface area contributed by atoms with Crippen LogP contribution < -0.4 is 0 Å². The van der Waals surface area contributed by atoms with Crippen molar-refractivity contribution in [1.29, 1.82) is 0 Å². The maximum atomic E-state index is 11.2. The SMILES string of the molecule is CC(C)n1nc2cc(Br)ccc2c1C(=O)O. The molecule has 0 bridgehead atoms. The summed E-state index contributed by atoms with van der Waals surface area (Å²) in [7, 11) is 0. The second-order valence-corrected chi connectivity index (χ2v) is 4.77. The molecular weight excluding hydrogens is 272 g/mol. The Kier molecular flexibility index (Phi) is 2.71. The third-order valence-electron chi connectivity index (χ3n) is 2.35. The van der Waals surface area contributed by atoms with Gasteiger partial charge in [-0.3, -0.25) is 4.68 Å². The molecule has 0 aliphatic heterocycles. The van der Waals surface area contributed by atoms with Gasteiger partial charge in [0.1, 0.15) is 0 Å². The standard InChI is InChI=1S/C11H11BrN2O2/c1-6(2)14-10(11(15)16)8-4-3-7(12)5-9(8)13-14/h3-6H,1-2H3,(H,15,16). The predicted octanol–water partition coefficient (Wildman–Crippen LogP) is 3.08. The van der Waals surface area contributed by atoms with Crippen LogP contribution in [0.5, 0.6) is 0 Å². The van der Waals surface area contributed by atoms with E-state index < -0.39 is 5.97 Å². The molecule has 84 valence electrons. The molecule has 4 nitrogen and oxygen atoms in total. The third-order valence-corrected chi connectivity index (χ3v) is 2.84. The zero-order valence-corrected chi connectivity index (χ0v) is 10.5. The Bertz CT molecular complexity index is 560. The summed E-state index contributed by atoms with van der Waals surface area (Å²) in [5, 5.41) is 14.2. The first-order chi connectivity index (χ1) is 7.50. The van der Waals surface area contributed by atoms with Gasteiger partial charge in [-0.25, -0.2) is 4.79 Å². The van der Waals surface area contributed by atoms with E-state index in [1.807, 2.05) is 26.0 Å². The highest BCUT2D eigenvalue weighted by Gasteiger charge is 2.19. The molecule has 0 saturated heterocycles. The fraction of sp³-hybridized carbons (Fsp3) is 0.273. The highest BCUT2D eigenvalue weighted by molar-refractivity contribution is 9.10. The molecule has 16 heavy (non-hydrogen) atoms. The molecule has 0 fully saturated rings. The average molecular weight is 283 g/mol. The number of halogens is 1. The second-order valence-electron chi connectivity index (χ2n) is 3.85. The Hall–Kier alpha value is -1.36. The average Bonchev–Trinajstić information content (AvgIpc) is 2.55. The van der Waals surface area contributed by atoms with Crippen LogP contribution in [0.4, 0.5) is 0 Å². The van der Waals surface area contributed by atoms with Gasteiger partial charge in [0.15, 0.2) is 5.69 Å². The van der Waals surface area contributed by atoms with E-state index in [1.165, 1.54) is 0 Å². The van der Waals surface area contributed by atoms with Crippen LogP contribution in [0.15, 0.2) is 22.7 Å². The summed E-state index contributed by atoms with van der Waals surface area (Å²) in [5.74, 6) is -0.946. The van der Waals surface area contributed by atoms with Crippen LogP contribution in [0.3, 0.4) is 0 Å². The Morgan fingerprint density at radius 1 is 1.50 bits per heavy atom. The zero-order valence-electron chi connectivity index (χ0n) is 8.94. The second kappa shape index (κ2) is 3.90. The minimum absolute atomic E-state index is 0.0253. The molecule has 0 spiro atoms. The van der Waals surface area contributed by atoms with Gasteiger partial charge in [0, 0.05) is 15.9 Å². The van der Waals surface area contributed by atoms with Gasteiger partial charge in [0.25, 0.3) is 0 Å². The fourth-order valence-electron chi connectivity index (χ4n) is 1.66. The Morgan fingerprint density at radius 3 is 2.75 bits per heavy atom. The number of benzene rings is 1. The normalized spacial score (nSPS) is 11.2. The van der Waals surface area contributed by atoms with Crippen molar-refractivity contribution in [3.8, 4) is 0 Å². The number of aromatic carboxylic acids is 1. The van der Waals surface area contributed by atoms with Crippen molar-refractivity contribution < 1.29 is 9.90 Å². The van der Waals surface area contributed by atoms with Crippen molar-refractivity contribution in [2.45, 2.75) is 19.9 Å². The van der Waals surface area contributed by atoms with Gasteiger partial charge in [-0.05, 0) is 32.0 Å². The molecule has 1 aromatic heterocycles. The van der Waals surface area contributed by atoms with Gasteiger partial charge < -0.3 is 5.11 Å². The molecular formula is C11H11BrN2O2. The van der Waals surface area contributed by atoms with Crippen molar-refractivity contribution in [3.63, 3.8) is 0 Å². The van der Waals surface area contributed by atoms with Crippen molar-refractivity contribution in [2.75, 3.05) is 0 Å². The summed E-state index contributed by atoms with van der Waals surface area (Å²) >= 11 is 3.34. The van der Waals surface area contributed by atoms with Gasteiger partial charge in [-0.2, -0.15) is 5.10 Å². The summed E-state index contributed by atoms with van der Waals surface area (Å²) in [6.45, 7) is 3.82. The fourth-order valence-corrected chi connectivity index (χ4v) is 2.01. The summed E-state index contributed by atoms with van der Waals surface area (Å²) in [5.41, 5.74) is 0.943. The summed E-state index contributed by atoms with van der Waals surface area (Å²) < 4.78 is 2.43. The Balaban J connectivity index is 2.81. The molecule has 0 radical (unpaired) electrons. The van der Waals surface area contributed by atoms with E-state index >= 15 is 0 Å². The van der Waals surface area contributed by atoms with Crippen LogP contribution in [-0.4, -0.2) is 20.9 Å². The molecule has 0 atom stereocenters.